The van der Waals surface area contributed by atoms with Gasteiger partial charge in [0, 0.05) is 17.9 Å². The molecule has 8 heteroatoms. The molecular formula is C17H17FN4O2S. The lowest BCUT2D eigenvalue weighted by atomic mass is 10.3. The van der Waals surface area contributed by atoms with Gasteiger partial charge >= 0.3 is 0 Å². The van der Waals surface area contributed by atoms with Gasteiger partial charge in [-0.15, -0.1) is 0 Å². The number of hydrogen-bond acceptors (Lipinski definition) is 4. The van der Waals surface area contributed by atoms with Gasteiger partial charge in [-0.1, -0.05) is 11.8 Å². The summed E-state index contributed by atoms with van der Waals surface area (Å²) in [5, 5.41) is 3.18. The molecule has 2 aromatic heterocycles. The Balaban J connectivity index is 1.77. The number of nitrogens with one attached hydrogen (secondary N) is 2. The molecule has 1 amide bonds. The Morgan fingerprint density at radius 2 is 2.08 bits per heavy atom. The number of aromatic nitrogens is 3. The normalized spacial score (nSPS) is 11.0. The van der Waals surface area contributed by atoms with Crippen LogP contribution in [0, 0.1) is 12.7 Å². The van der Waals surface area contributed by atoms with Crippen LogP contribution in [0.15, 0.2) is 40.3 Å². The Kier molecular flexibility index (Phi) is 4.89. The molecule has 25 heavy (non-hydrogen) atoms. The van der Waals surface area contributed by atoms with Crippen LogP contribution in [0.1, 0.15) is 12.6 Å². The molecule has 0 radical (unpaired) electrons. The number of hydrogen-bond donors (Lipinski definition) is 2. The molecule has 0 fully saturated rings. The molecule has 0 atom stereocenters. The van der Waals surface area contributed by atoms with Crippen molar-refractivity contribution in [1.82, 2.24) is 14.5 Å². The number of carbonyl (C=O) groups excluding carboxylic acids is 1. The number of aryl methyl sites for hydroxylation is 1. The third-order valence-electron chi connectivity index (χ3n) is 3.61. The number of fused-ring (bicyclic) bond motifs is 1. The Hall–Kier alpha value is -2.61. The minimum Gasteiger partial charge on any atom is -0.353 e. The van der Waals surface area contributed by atoms with Crippen LogP contribution in [-0.4, -0.2) is 26.2 Å². The average molecular weight is 360 g/mol. The van der Waals surface area contributed by atoms with Crippen molar-refractivity contribution in [3.05, 3.63) is 52.2 Å². The zero-order valence-corrected chi connectivity index (χ0v) is 14.6. The molecule has 0 unspecified atom stereocenters. The van der Waals surface area contributed by atoms with Gasteiger partial charge in [-0.25, -0.2) is 9.37 Å². The van der Waals surface area contributed by atoms with Gasteiger partial charge in [-0.05, 0) is 44.2 Å². The van der Waals surface area contributed by atoms with Crippen LogP contribution in [0.5, 0.6) is 0 Å². The maximum absolute atomic E-state index is 12.9. The number of amides is 1. The first-order chi connectivity index (χ1) is 12.0. The molecule has 0 aliphatic heterocycles. The Morgan fingerprint density at radius 1 is 1.36 bits per heavy atom. The zero-order chi connectivity index (χ0) is 18.0. The fourth-order valence-corrected chi connectivity index (χ4v) is 3.32. The summed E-state index contributed by atoms with van der Waals surface area (Å²) >= 11 is 1.19. The van der Waals surface area contributed by atoms with E-state index in [0.717, 1.165) is 5.69 Å². The second kappa shape index (κ2) is 7.10. The van der Waals surface area contributed by atoms with E-state index in [4.69, 9.17) is 0 Å². The van der Waals surface area contributed by atoms with E-state index in [1.54, 1.807) is 6.07 Å². The van der Waals surface area contributed by atoms with E-state index in [9.17, 15) is 14.0 Å². The lowest BCUT2D eigenvalue weighted by Gasteiger charge is -2.10. The highest BCUT2D eigenvalue weighted by Gasteiger charge is 2.14. The molecule has 0 bridgehead atoms. The fraction of sp³-hybridized carbons (Fsp3) is 0.235. The highest BCUT2D eigenvalue weighted by Crippen LogP contribution is 2.19. The van der Waals surface area contributed by atoms with E-state index in [1.807, 2.05) is 13.8 Å². The Morgan fingerprint density at radius 3 is 2.76 bits per heavy atom. The Labute approximate surface area is 147 Å². The number of thioether (sulfide) groups is 1. The summed E-state index contributed by atoms with van der Waals surface area (Å²) in [7, 11) is 0. The number of nitrogens with zero attached hydrogens (tertiary/aromatic N) is 2. The summed E-state index contributed by atoms with van der Waals surface area (Å²) in [6.07, 6.45) is 0. The summed E-state index contributed by atoms with van der Waals surface area (Å²) in [5.74, 6) is -0.517. The van der Waals surface area contributed by atoms with Crippen molar-refractivity contribution in [1.29, 1.82) is 0 Å². The van der Waals surface area contributed by atoms with Gasteiger partial charge in [-0.2, -0.15) is 0 Å². The minimum absolute atomic E-state index is 0.0960. The number of aromatic amines is 1. The maximum Gasteiger partial charge on any atom is 0.278 e. The van der Waals surface area contributed by atoms with Gasteiger partial charge in [0.25, 0.3) is 5.56 Å². The van der Waals surface area contributed by atoms with Crippen LogP contribution in [-0.2, 0) is 11.3 Å². The van der Waals surface area contributed by atoms with Crippen molar-refractivity contribution in [3.63, 3.8) is 0 Å². The zero-order valence-electron chi connectivity index (χ0n) is 13.8. The van der Waals surface area contributed by atoms with Gasteiger partial charge in [-0.3, -0.25) is 14.2 Å². The van der Waals surface area contributed by atoms with E-state index >= 15 is 0 Å². The van der Waals surface area contributed by atoms with Gasteiger partial charge in [0.05, 0.1) is 11.3 Å². The van der Waals surface area contributed by atoms with Gasteiger partial charge in [0.15, 0.2) is 5.16 Å². The first kappa shape index (κ1) is 17.2. The molecule has 0 aliphatic carbocycles. The number of rotatable bonds is 5. The van der Waals surface area contributed by atoms with E-state index in [2.05, 4.69) is 15.3 Å². The lowest BCUT2D eigenvalue weighted by molar-refractivity contribution is -0.113. The fourth-order valence-electron chi connectivity index (χ4n) is 2.46. The third-order valence-corrected chi connectivity index (χ3v) is 4.59. The summed E-state index contributed by atoms with van der Waals surface area (Å²) in [5.41, 5.74) is 2.29. The number of H-pyrrole nitrogens is 1. The quantitative estimate of drug-likeness (QED) is 0.542. The number of anilines is 1. The molecule has 0 aliphatic rings. The average Bonchev–Trinajstić information content (AvgIpc) is 2.96. The van der Waals surface area contributed by atoms with Crippen molar-refractivity contribution in [3.8, 4) is 0 Å². The molecule has 2 N–H and O–H groups in total. The van der Waals surface area contributed by atoms with E-state index in [-0.39, 0.29) is 23.0 Å². The van der Waals surface area contributed by atoms with Crippen LogP contribution < -0.4 is 10.9 Å². The van der Waals surface area contributed by atoms with Crippen LogP contribution in [0.4, 0.5) is 10.1 Å². The number of carbonyl (C=O) groups is 1. The number of halogens is 1. The van der Waals surface area contributed by atoms with Crippen molar-refractivity contribution >= 4 is 34.4 Å². The monoisotopic (exact) mass is 360 g/mol. The van der Waals surface area contributed by atoms with Gasteiger partial charge in [0.1, 0.15) is 11.3 Å². The maximum atomic E-state index is 12.9. The molecule has 2 heterocycles. The van der Waals surface area contributed by atoms with Gasteiger partial charge < -0.3 is 10.3 Å². The largest absolute Gasteiger partial charge is 0.353 e. The molecule has 0 saturated carbocycles. The second-order valence-corrected chi connectivity index (χ2v) is 6.44. The highest BCUT2D eigenvalue weighted by atomic mass is 32.2. The van der Waals surface area contributed by atoms with Crippen molar-refractivity contribution in [2.24, 2.45) is 0 Å². The first-order valence-electron chi connectivity index (χ1n) is 7.76. The highest BCUT2D eigenvalue weighted by molar-refractivity contribution is 7.99. The van der Waals surface area contributed by atoms with E-state index < -0.39 is 0 Å². The topological polar surface area (TPSA) is 79.8 Å². The summed E-state index contributed by atoms with van der Waals surface area (Å²) in [6.45, 7) is 4.18. The second-order valence-electron chi connectivity index (χ2n) is 5.50. The summed E-state index contributed by atoms with van der Waals surface area (Å²) in [4.78, 5) is 32.1. The molecule has 3 rings (SSSR count). The number of benzene rings is 1. The molecule has 3 aromatic rings. The molecule has 0 saturated heterocycles. The lowest BCUT2D eigenvalue weighted by Crippen LogP contribution is -2.23. The first-order valence-corrected chi connectivity index (χ1v) is 8.75. The van der Waals surface area contributed by atoms with Crippen LogP contribution >= 0.6 is 11.8 Å². The predicted octanol–water partition coefficient (Wildman–Crippen LogP) is 2.92. The van der Waals surface area contributed by atoms with E-state index in [1.165, 1.54) is 40.6 Å². The standard InChI is InChI=1S/C17H17FN4O2S/c1-3-22-16(24)15-13(8-10(2)19-15)21-17(22)25-9-14(23)20-12-6-4-11(18)5-7-12/h4-8,19H,3,9H2,1-2H3,(H,20,23). The molecule has 130 valence electrons. The Bertz CT molecular complexity index is 979. The minimum atomic E-state index is -0.362. The molecule has 1 aromatic carbocycles. The van der Waals surface area contributed by atoms with Crippen molar-refractivity contribution in [2.45, 2.75) is 25.5 Å². The SMILES string of the molecule is CCn1c(SCC(=O)Nc2ccc(F)cc2)nc2cc(C)[nH]c2c1=O. The molecule has 0 spiro atoms. The molecule has 6 nitrogen and oxygen atoms in total. The summed E-state index contributed by atoms with van der Waals surface area (Å²) < 4.78 is 14.4. The van der Waals surface area contributed by atoms with Crippen molar-refractivity contribution in [2.75, 3.05) is 11.1 Å². The van der Waals surface area contributed by atoms with E-state index in [0.29, 0.717) is 28.4 Å². The van der Waals surface area contributed by atoms with Crippen LogP contribution in [0.2, 0.25) is 0 Å². The summed E-state index contributed by atoms with van der Waals surface area (Å²) in [6, 6.07) is 7.35. The smallest absolute Gasteiger partial charge is 0.278 e. The third kappa shape index (κ3) is 3.74. The van der Waals surface area contributed by atoms with Crippen LogP contribution in [0.25, 0.3) is 11.0 Å². The predicted molar refractivity (Wildman–Crippen MR) is 96.5 cm³/mol. The van der Waals surface area contributed by atoms with Gasteiger partial charge in [0.2, 0.25) is 5.91 Å². The van der Waals surface area contributed by atoms with Crippen LogP contribution in [0.3, 0.4) is 0 Å². The molecular weight excluding hydrogens is 343 g/mol. The van der Waals surface area contributed by atoms with Crippen molar-refractivity contribution < 1.29 is 9.18 Å².